The SMILES string of the molecule is CSc1ccc(C2=C(NS(=O)(=O)c3ccccc3)CC3(CCCC3)C2)cc1.NS(=O)(=O)c1ccccc1. The fourth-order valence-electron chi connectivity index (χ4n) is 5.10. The van der Waals surface area contributed by atoms with E-state index >= 15 is 0 Å². The van der Waals surface area contributed by atoms with Crippen LogP contribution in [0.4, 0.5) is 0 Å². The summed E-state index contributed by atoms with van der Waals surface area (Å²) in [6.07, 6.45) is 8.74. The zero-order chi connectivity index (χ0) is 26.5. The van der Waals surface area contributed by atoms with Crippen molar-refractivity contribution < 1.29 is 16.8 Å². The zero-order valence-electron chi connectivity index (χ0n) is 20.8. The highest BCUT2D eigenvalue weighted by atomic mass is 32.2. The molecule has 1 fully saturated rings. The Balaban J connectivity index is 0.000000270. The minimum absolute atomic E-state index is 0.148. The molecule has 3 aromatic carbocycles. The third-order valence-electron chi connectivity index (χ3n) is 6.95. The number of nitrogens with one attached hydrogen (secondary N) is 1. The van der Waals surface area contributed by atoms with Crippen LogP contribution in [0.1, 0.15) is 44.1 Å². The molecule has 2 aliphatic carbocycles. The molecule has 0 aromatic heterocycles. The Morgan fingerprint density at radius 2 is 1.30 bits per heavy atom. The minimum atomic E-state index is -3.56. The lowest BCUT2D eigenvalue weighted by Gasteiger charge is -2.23. The molecule has 0 unspecified atom stereocenters. The van der Waals surface area contributed by atoms with Gasteiger partial charge in [-0.25, -0.2) is 22.0 Å². The largest absolute Gasteiger partial charge is 0.283 e. The van der Waals surface area contributed by atoms with Gasteiger partial charge in [0.15, 0.2) is 0 Å². The number of sulfonamides is 2. The molecule has 0 radical (unpaired) electrons. The third-order valence-corrected chi connectivity index (χ3v) is 10.0. The second-order valence-corrected chi connectivity index (χ2v) is 13.6. The number of nitrogens with two attached hydrogens (primary N) is 1. The van der Waals surface area contributed by atoms with Gasteiger partial charge in [-0.05, 0) is 84.9 Å². The molecule has 0 bridgehead atoms. The van der Waals surface area contributed by atoms with Crippen LogP contribution in [-0.2, 0) is 20.0 Å². The summed E-state index contributed by atoms with van der Waals surface area (Å²) in [5, 5.41) is 4.83. The first kappa shape index (κ1) is 27.4. The van der Waals surface area contributed by atoms with Crippen LogP contribution in [0.2, 0.25) is 0 Å². The van der Waals surface area contributed by atoms with Gasteiger partial charge < -0.3 is 0 Å². The van der Waals surface area contributed by atoms with Crippen molar-refractivity contribution in [1.82, 2.24) is 4.72 Å². The van der Waals surface area contributed by atoms with E-state index in [2.05, 4.69) is 35.2 Å². The Morgan fingerprint density at radius 3 is 1.78 bits per heavy atom. The number of hydrogen-bond acceptors (Lipinski definition) is 5. The normalized spacial score (nSPS) is 16.9. The van der Waals surface area contributed by atoms with Crippen LogP contribution in [0.5, 0.6) is 0 Å². The van der Waals surface area contributed by atoms with Crippen molar-refractivity contribution in [1.29, 1.82) is 0 Å². The maximum atomic E-state index is 12.9. The van der Waals surface area contributed by atoms with Gasteiger partial charge >= 0.3 is 0 Å². The van der Waals surface area contributed by atoms with Crippen LogP contribution in [0.3, 0.4) is 0 Å². The maximum absolute atomic E-state index is 12.9. The highest BCUT2D eigenvalue weighted by Gasteiger charge is 2.42. The molecule has 196 valence electrons. The Hall–Kier alpha value is -2.59. The Labute approximate surface area is 224 Å². The number of primary sulfonamides is 1. The van der Waals surface area contributed by atoms with E-state index in [1.807, 2.05) is 6.07 Å². The first-order chi connectivity index (χ1) is 17.6. The Kier molecular flexibility index (Phi) is 8.48. The van der Waals surface area contributed by atoms with Gasteiger partial charge in [0.1, 0.15) is 0 Å². The summed E-state index contributed by atoms with van der Waals surface area (Å²) in [6, 6.07) is 25.0. The number of thioether (sulfide) groups is 1. The van der Waals surface area contributed by atoms with Gasteiger partial charge in [-0.3, -0.25) is 4.72 Å². The van der Waals surface area contributed by atoms with Crippen molar-refractivity contribution in [2.24, 2.45) is 10.6 Å². The van der Waals surface area contributed by atoms with Gasteiger partial charge in [-0.1, -0.05) is 61.4 Å². The van der Waals surface area contributed by atoms with Gasteiger partial charge in [0, 0.05) is 10.6 Å². The van der Waals surface area contributed by atoms with Gasteiger partial charge in [0.05, 0.1) is 9.79 Å². The standard InChI is InChI=1S/C22H25NO2S2.C6H7NO2S/c1-26-18-11-9-17(10-12-18)20-15-22(13-5-6-14-22)16-21(20)23-27(24,25)19-7-3-2-4-8-19;7-10(8,9)6-4-2-1-3-5-6/h2-4,7-12,23H,5-6,13-16H2,1H3;1-5H,(H2,7,8,9). The monoisotopic (exact) mass is 556 g/mol. The molecular formula is C28H32N2O4S3. The van der Waals surface area contributed by atoms with Crippen molar-refractivity contribution in [2.45, 2.75) is 53.2 Å². The van der Waals surface area contributed by atoms with Crippen LogP contribution in [-0.4, -0.2) is 23.1 Å². The zero-order valence-corrected chi connectivity index (χ0v) is 23.2. The van der Waals surface area contributed by atoms with E-state index in [0.29, 0.717) is 4.90 Å². The molecule has 0 aliphatic heterocycles. The number of hydrogen-bond donors (Lipinski definition) is 2. The fraction of sp³-hybridized carbons (Fsp3) is 0.286. The van der Waals surface area contributed by atoms with Crippen molar-refractivity contribution in [2.75, 3.05) is 6.26 Å². The molecule has 37 heavy (non-hydrogen) atoms. The summed E-state index contributed by atoms with van der Waals surface area (Å²) in [5.74, 6) is 0. The molecule has 3 N–H and O–H groups in total. The summed E-state index contributed by atoms with van der Waals surface area (Å²) in [4.78, 5) is 1.69. The molecule has 2 aliphatic rings. The van der Waals surface area contributed by atoms with Crippen molar-refractivity contribution in [3.05, 3.63) is 96.2 Å². The summed E-state index contributed by atoms with van der Waals surface area (Å²) >= 11 is 1.72. The lowest BCUT2D eigenvalue weighted by atomic mass is 9.82. The second-order valence-electron chi connectivity index (χ2n) is 9.52. The first-order valence-corrected chi connectivity index (χ1v) is 16.4. The predicted octanol–water partition coefficient (Wildman–Crippen LogP) is 5.79. The first-order valence-electron chi connectivity index (χ1n) is 12.1. The quantitative estimate of drug-likeness (QED) is 0.374. The smallest absolute Gasteiger partial charge is 0.261 e. The summed E-state index contributed by atoms with van der Waals surface area (Å²) in [5.41, 5.74) is 3.44. The van der Waals surface area contributed by atoms with Crippen LogP contribution in [0, 0.1) is 5.41 Å². The average Bonchev–Trinajstić information content (AvgIpc) is 3.50. The van der Waals surface area contributed by atoms with Crippen LogP contribution >= 0.6 is 11.8 Å². The van der Waals surface area contributed by atoms with Crippen LogP contribution in [0.15, 0.2) is 105 Å². The topological polar surface area (TPSA) is 106 Å². The molecule has 0 amide bonds. The van der Waals surface area contributed by atoms with Crippen molar-refractivity contribution in [3.63, 3.8) is 0 Å². The van der Waals surface area contributed by atoms with Gasteiger partial charge in [0.2, 0.25) is 10.0 Å². The molecule has 5 rings (SSSR count). The molecule has 0 atom stereocenters. The van der Waals surface area contributed by atoms with E-state index in [1.54, 1.807) is 54.2 Å². The maximum Gasteiger partial charge on any atom is 0.261 e. The lowest BCUT2D eigenvalue weighted by Crippen LogP contribution is -2.24. The molecule has 1 saturated carbocycles. The van der Waals surface area contributed by atoms with Gasteiger partial charge in [0.25, 0.3) is 10.0 Å². The van der Waals surface area contributed by atoms with E-state index in [0.717, 1.165) is 24.1 Å². The van der Waals surface area contributed by atoms with E-state index in [9.17, 15) is 16.8 Å². The van der Waals surface area contributed by atoms with Crippen molar-refractivity contribution >= 4 is 37.4 Å². The number of allylic oxidation sites excluding steroid dienone is 2. The highest BCUT2D eigenvalue weighted by Crippen LogP contribution is 2.54. The number of benzene rings is 3. The van der Waals surface area contributed by atoms with E-state index in [4.69, 9.17) is 5.14 Å². The van der Waals surface area contributed by atoms with E-state index in [1.165, 1.54) is 48.3 Å². The summed E-state index contributed by atoms with van der Waals surface area (Å²) < 4.78 is 50.0. The van der Waals surface area contributed by atoms with Gasteiger partial charge in [-0.2, -0.15) is 0 Å². The molecule has 9 heteroatoms. The lowest BCUT2D eigenvalue weighted by molar-refractivity contribution is 0.319. The highest BCUT2D eigenvalue weighted by molar-refractivity contribution is 7.98. The third kappa shape index (κ3) is 6.84. The van der Waals surface area contributed by atoms with Crippen LogP contribution < -0.4 is 9.86 Å². The molecule has 0 saturated heterocycles. The molecule has 0 heterocycles. The second kappa shape index (κ2) is 11.4. The number of rotatable bonds is 6. The van der Waals surface area contributed by atoms with E-state index < -0.39 is 20.0 Å². The van der Waals surface area contributed by atoms with Crippen molar-refractivity contribution in [3.8, 4) is 0 Å². The predicted molar refractivity (Wildman–Crippen MR) is 150 cm³/mol. The van der Waals surface area contributed by atoms with E-state index in [-0.39, 0.29) is 10.3 Å². The minimum Gasteiger partial charge on any atom is -0.283 e. The Bertz CT molecular complexity index is 1450. The van der Waals surface area contributed by atoms with Crippen LogP contribution in [0.25, 0.3) is 5.57 Å². The molecular weight excluding hydrogens is 525 g/mol. The molecule has 3 aromatic rings. The Morgan fingerprint density at radius 1 is 0.757 bits per heavy atom. The fourth-order valence-corrected chi connectivity index (χ4v) is 7.20. The average molecular weight is 557 g/mol. The molecule has 1 spiro atoms. The molecule has 6 nitrogen and oxygen atoms in total. The summed E-state index contributed by atoms with van der Waals surface area (Å²) in [6.45, 7) is 0. The summed E-state index contributed by atoms with van der Waals surface area (Å²) in [7, 11) is -7.06. The van der Waals surface area contributed by atoms with Gasteiger partial charge in [-0.15, -0.1) is 11.8 Å².